The highest BCUT2D eigenvalue weighted by molar-refractivity contribution is 5.91. The van der Waals surface area contributed by atoms with E-state index in [9.17, 15) is 24.9 Å². The van der Waals surface area contributed by atoms with E-state index in [1.54, 1.807) is 6.92 Å². The van der Waals surface area contributed by atoms with Crippen molar-refractivity contribution in [3.05, 3.63) is 11.6 Å². The molecule has 0 unspecified atom stereocenters. The predicted octanol–water partition coefficient (Wildman–Crippen LogP) is 1.78. The van der Waals surface area contributed by atoms with Gasteiger partial charge in [0.25, 0.3) is 0 Å². The lowest BCUT2D eigenvalue weighted by molar-refractivity contribution is -0.182. The summed E-state index contributed by atoms with van der Waals surface area (Å²) in [5.41, 5.74) is -4.62. The minimum Gasteiger partial charge on any atom is -0.393 e. The number of hydrogen-bond acceptors (Lipinski definition) is 5. The van der Waals surface area contributed by atoms with Gasteiger partial charge in [0.2, 0.25) is 0 Å². The molecule has 26 heavy (non-hydrogen) atoms. The van der Waals surface area contributed by atoms with E-state index in [1.165, 1.54) is 6.08 Å². The summed E-state index contributed by atoms with van der Waals surface area (Å²) in [5, 5.41) is 32.0. The molecule has 3 saturated carbocycles. The van der Waals surface area contributed by atoms with Gasteiger partial charge in [0.1, 0.15) is 12.2 Å². The normalized spacial score (nSPS) is 55.8. The second-order valence-electron chi connectivity index (χ2n) is 8.80. The fourth-order valence-corrected chi connectivity index (χ4v) is 6.58. The molecule has 0 aromatic heterocycles. The van der Waals surface area contributed by atoms with Crippen molar-refractivity contribution >= 4 is 11.6 Å². The third kappa shape index (κ3) is 2.14. The van der Waals surface area contributed by atoms with Gasteiger partial charge >= 0.3 is 0 Å². The van der Waals surface area contributed by atoms with E-state index in [0.29, 0.717) is 12.8 Å². The first kappa shape index (κ1) is 13.2. The van der Waals surface area contributed by atoms with Gasteiger partial charge in [0.05, 0.1) is 6.10 Å². The van der Waals surface area contributed by atoms with Crippen LogP contribution in [0, 0.1) is 28.6 Å². The summed E-state index contributed by atoms with van der Waals surface area (Å²) in [6.45, 7) is -1.90. The molecule has 3 N–H and O–H groups in total. The van der Waals surface area contributed by atoms with Gasteiger partial charge in [-0.3, -0.25) is 9.59 Å². The number of carbonyl (C=O) groups excluding carboxylic acids is 2. The van der Waals surface area contributed by atoms with Crippen molar-refractivity contribution in [2.24, 2.45) is 28.6 Å². The standard InChI is InChI=1S/C21H30O5/c1-19-7-5-13(23)9-12(19)3-4-14-15-6-8-21(26,17(25)11-22)20(15,2)10-16(24)18(14)19/h9,14-16,18,22,24,26H,3-8,10-11H2,1-2H3/t14-,15-,16-,18+,19-,20-,21-/m0/s1/i1+1D3,5+1,7+1D2,9+1. The predicted molar refractivity (Wildman–Crippen MR) is 95.1 cm³/mol. The number of fused-ring (bicyclic) bond motifs is 5. The van der Waals surface area contributed by atoms with Crippen molar-refractivity contribution in [3.8, 4) is 0 Å². The summed E-state index contributed by atoms with van der Waals surface area (Å²) < 4.78 is 42.6. The Morgan fingerprint density at radius 3 is 2.88 bits per heavy atom. The maximum atomic E-state index is 12.5. The van der Waals surface area contributed by atoms with Crippen molar-refractivity contribution in [2.75, 3.05) is 6.61 Å². The molecule has 4 aliphatic carbocycles. The van der Waals surface area contributed by atoms with Crippen LogP contribution < -0.4 is 0 Å². The van der Waals surface area contributed by atoms with Crippen molar-refractivity contribution in [3.63, 3.8) is 0 Å². The number of ketones is 2. The molecule has 0 aromatic carbocycles. The van der Waals surface area contributed by atoms with E-state index in [2.05, 4.69) is 0 Å². The maximum absolute atomic E-state index is 12.5. The molecular formula is C21H30O5. The molecule has 3 fully saturated rings. The van der Waals surface area contributed by atoms with Crippen molar-refractivity contribution < 1.29 is 31.8 Å². The molecule has 0 radical (unpaired) electrons. The van der Waals surface area contributed by atoms with Crippen LogP contribution in [0.4, 0.5) is 0 Å². The highest BCUT2D eigenvalue weighted by Crippen LogP contribution is 2.67. The van der Waals surface area contributed by atoms with E-state index in [-0.39, 0.29) is 30.8 Å². The number of allylic oxidation sites excluding steroid dienone is 1. The number of carbonyl (C=O) groups is 2. The van der Waals surface area contributed by atoms with Gasteiger partial charge in [-0.1, -0.05) is 19.3 Å². The molecule has 144 valence electrons. The van der Waals surface area contributed by atoms with Crippen molar-refractivity contribution in [1.82, 2.24) is 0 Å². The molecule has 4 rings (SSSR count). The minimum atomic E-state index is -2.79. The second-order valence-corrected chi connectivity index (χ2v) is 8.80. The lowest BCUT2D eigenvalue weighted by Gasteiger charge is -2.60. The van der Waals surface area contributed by atoms with E-state index in [0.717, 1.165) is 0 Å². The van der Waals surface area contributed by atoms with E-state index < -0.39 is 72.2 Å². The van der Waals surface area contributed by atoms with Gasteiger partial charge in [0, 0.05) is 18.7 Å². The SMILES string of the molecule is [2H][13C]([2H])([2H])[C@@]12C(=[13CH]C(=O)[13CH2][13C]1([2H])[2H])CC[C@@H]1[C@@H]2[C@@H](O)C[C@@]2(C)[C@H]1CC[C@]2(O)C(=O)CO. The molecule has 0 bridgehead atoms. The summed E-state index contributed by atoms with van der Waals surface area (Å²) in [6, 6.07) is 0. The van der Waals surface area contributed by atoms with Gasteiger partial charge in [-0.2, -0.15) is 0 Å². The molecule has 5 heteroatoms. The number of hydrogen-bond donors (Lipinski definition) is 3. The third-order valence-corrected chi connectivity index (χ3v) is 7.84. The number of aliphatic hydroxyl groups excluding tert-OH is 2. The minimum absolute atomic E-state index is 0.0732. The largest absolute Gasteiger partial charge is 0.393 e. The summed E-state index contributed by atoms with van der Waals surface area (Å²) in [5.74, 6) is -2.86. The van der Waals surface area contributed by atoms with Crippen LogP contribution >= 0.6 is 0 Å². The van der Waals surface area contributed by atoms with Crippen LogP contribution in [0.1, 0.15) is 65.5 Å². The maximum Gasteiger partial charge on any atom is 0.190 e. The van der Waals surface area contributed by atoms with Gasteiger partial charge in [-0.25, -0.2) is 0 Å². The van der Waals surface area contributed by atoms with Crippen LogP contribution in [0.5, 0.6) is 0 Å². The van der Waals surface area contributed by atoms with Crippen LogP contribution in [-0.2, 0) is 9.59 Å². The first-order valence-corrected chi connectivity index (χ1v) is 9.46. The van der Waals surface area contributed by atoms with Crippen LogP contribution in [0.15, 0.2) is 11.6 Å². The smallest absolute Gasteiger partial charge is 0.190 e. The molecule has 7 atom stereocenters. The first-order chi connectivity index (χ1) is 14.2. The zero-order valence-electron chi connectivity index (χ0n) is 20.0. The highest BCUT2D eigenvalue weighted by Gasteiger charge is 2.68. The Morgan fingerprint density at radius 2 is 2.19 bits per heavy atom. The molecular weight excluding hydrogens is 336 g/mol. The Morgan fingerprint density at radius 1 is 1.42 bits per heavy atom. The molecule has 5 nitrogen and oxygen atoms in total. The average molecular weight is 371 g/mol. The molecule has 0 spiro atoms. The Bertz CT molecular complexity index is 854. The average Bonchev–Trinajstić information content (AvgIpc) is 2.90. The highest BCUT2D eigenvalue weighted by atomic mass is 16.3. The van der Waals surface area contributed by atoms with E-state index in [1.807, 2.05) is 0 Å². The van der Waals surface area contributed by atoms with Gasteiger partial charge < -0.3 is 15.3 Å². The van der Waals surface area contributed by atoms with Crippen LogP contribution in [-0.4, -0.2) is 45.2 Å². The molecule has 0 heterocycles. The molecule has 0 aromatic rings. The van der Waals surface area contributed by atoms with Crippen LogP contribution in [0.3, 0.4) is 0 Å². The second kappa shape index (κ2) is 5.73. The van der Waals surface area contributed by atoms with E-state index in [4.69, 9.17) is 6.85 Å². The number of rotatable bonds is 2. The summed E-state index contributed by atoms with van der Waals surface area (Å²) in [6.07, 6.45) is -1.82. The van der Waals surface area contributed by atoms with Crippen LogP contribution in [0.2, 0.25) is 0 Å². The van der Waals surface area contributed by atoms with E-state index >= 15 is 0 Å². The summed E-state index contributed by atoms with van der Waals surface area (Å²) in [7, 11) is 0. The van der Waals surface area contributed by atoms with Crippen molar-refractivity contribution in [1.29, 1.82) is 0 Å². The summed E-state index contributed by atoms with van der Waals surface area (Å²) >= 11 is 0. The summed E-state index contributed by atoms with van der Waals surface area (Å²) in [4.78, 5) is 24.7. The first-order valence-electron chi connectivity index (χ1n) is 12.0. The molecule has 4 aliphatic rings. The monoisotopic (exact) mass is 371 g/mol. The Hall–Kier alpha value is -1.04. The van der Waals surface area contributed by atoms with Gasteiger partial charge in [0.15, 0.2) is 11.6 Å². The molecule has 0 aliphatic heterocycles. The fourth-order valence-electron chi connectivity index (χ4n) is 6.58. The Kier molecular flexibility index (Phi) is 2.91. The zero-order valence-corrected chi connectivity index (χ0v) is 15.0. The van der Waals surface area contributed by atoms with Gasteiger partial charge in [-0.05, 0) is 67.7 Å². The third-order valence-electron chi connectivity index (χ3n) is 7.84. The number of Topliss-reactive ketones (excluding diaryl/α,β-unsaturated/α-hetero) is 1. The fraction of sp³-hybridized carbons (Fsp3) is 0.810. The quantitative estimate of drug-likeness (QED) is 0.643. The molecule has 0 amide bonds. The van der Waals surface area contributed by atoms with Gasteiger partial charge in [-0.15, -0.1) is 0 Å². The lowest BCUT2D eigenvalue weighted by Crippen LogP contribution is -2.62. The van der Waals surface area contributed by atoms with Crippen LogP contribution in [0.25, 0.3) is 0 Å². The Balaban J connectivity index is 1.89. The Labute approximate surface area is 161 Å². The topological polar surface area (TPSA) is 94.8 Å². The zero-order chi connectivity index (χ0) is 23.2. The van der Waals surface area contributed by atoms with Crippen molar-refractivity contribution in [2.45, 2.75) is 70.4 Å². The number of aliphatic hydroxyl groups is 3. The molecule has 0 saturated heterocycles. The lowest BCUT2D eigenvalue weighted by atomic mass is 9.49.